The van der Waals surface area contributed by atoms with Crippen LogP contribution in [0.3, 0.4) is 0 Å². The second-order valence-electron chi connectivity index (χ2n) is 15.5. The van der Waals surface area contributed by atoms with E-state index in [1.54, 1.807) is 0 Å². The molecule has 2 atom stereocenters. The zero-order chi connectivity index (χ0) is 43.2. The quantitative estimate of drug-likeness (QED) is 0.0280. The molecule has 0 bridgehead atoms. The Morgan fingerprint density at radius 3 is 1.29 bits per heavy atom. The first-order valence-electron chi connectivity index (χ1n) is 23.6. The Morgan fingerprint density at radius 1 is 0.492 bits per heavy atom. The van der Waals surface area contributed by atoms with Crippen LogP contribution in [0.15, 0.2) is 72.9 Å². The van der Waals surface area contributed by atoms with E-state index in [2.05, 4.69) is 91.3 Å². The summed E-state index contributed by atoms with van der Waals surface area (Å²) < 4.78 is 32.1. The molecule has 0 saturated carbocycles. The van der Waals surface area contributed by atoms with E-state index in [0.717, 1.165) is 97.0 Å². The van der Waals surface area contributed by atoms with Gasteiger partial charge in [-0.3, -0.25) is 18.6 Å². The lowest BCUT2D eigenvalue weighted by atomic mass is 10.0. The number of carbonyl (C=O) groups is 2. The molecule has 0 aromatic carbocycles. The predicted octanol–water partition coefficient (Wildman–Crippen LogP) is 15.3. The van der Waals surface area contributed by atoms with Crippen LogP contribution < -0.4 is 0 Å². The van der Waals surface area contributed by atoms with E-state index in [9.17, 15) is 19.0 Å². The van der Waals surface area contributed by atoms with Crippen molar-refractivity contribution >= 4 is 19.8 Å². The second kappa shape index (κ2) is 45.0. The number of esters is 2. The van der Waals surface area contributed by atoms with E-state index < -0.39 is 26.5 Å². The summed E-state index contributed by atoms with van der Waals surface area (Å²) in [5, 5.41) is 0. The monoisotopic (exact) mass is 847 g/mol. The van der Waals surface area contributed by atoms with Gasteiger partial charge in [-0.1, -0.05) is 183 Å². The molecule has 8 nitrogen and oxygen atoms in total. The third-order valence-electron chi connectivity index (χ3n) is 9.93. The normalized spacial score (nSPS) is 13.9. The average molecular weight is 847 g/mol. The number of ether oxygens (including phenoxy) is 2. The van der Waals surface area contributed by atoms with Gasteiger partial charge in [-0.25, -0.2) is 4.57 Å². The van der Waals surface area contributed by atoms with E-state index >= 15 is 0 Å². The Morgan fingerprint density at radius 2 is 0.864 bits per heavy atom. The van der Waals surface area contributed by atoms with E-state index in [1.165, 1.54) is 83.5 Å². The largest absolute Gasteiger partial charge is 0.472 e. The third kappa shape index (κ3) is 44.9. The zero-order valence-corrected chi connectivity index (χ0v) is 38.8. The molecule has 0 aromatic heterocycles. The van der Waals surface area contributed by atoms with Gasteiger partial charge in [0.2, 0.25) is 0 Å². The van der Waals surface area contributed by atoms with E-state index in [-0.39, 0.29) is 25.4 Å². The Bertz CT molecular complexity index is 1190. The molecule has 0 amide bonds. The summed E-state index contributed by atoms with van der Waals surface area (Å²) in [5.41, 5.74) is 0. The average Bonchev–Trinajstić information content (AvgIpc) is 3.23. The zero-order valence-electron chi connectivity index (χ0n) is 37.9. The van der Waals surface area contributed by atoms with E-state index in [4.69, 9.17) is 14.0 Å². The third-order valence-corrected chi connectivity index (χ3v) is 10.9. The number of phosphoric acid groups is 1. The van der Waals surface area contributed by atoms with Gasteiger partial charge in [-0.15, -0.1) is 0 Å². The van der Waals surface area contributed by atoms with E-state index in [1.807, 2.05) is 0 Å². The minimum Gasteiger partial charge on any atom is -0.462 e. The van der Waals surface area contributed by atoms with Crippen LogP contribution in [0.25, 0.3) is 0 Å². The van der Waals surface area contributed by atoms with Crippen molar-refractivity contribution in [3.8, 4) is 0 Å². The molecule has 0 aliphatic rings. The summed E-state index contributed by atoms with van der Waals surface area (Å²) in [6.07, 6.45) is 58.1. The fraction of sp³-hybridized carbons (Fsp3) is 0.720. The van der Waals surface area contributed by atoms with Crippen LogP contribution in [0.2, 0.25) is 0 Å². The lowest BCUT2D eigenvalue weighted by Gasteiger charge is -2.19. The van der Waals surface area contributed by atoms with Crippen LogP contribution in [0.1, 0.15) is 206 Å². The molecule has 0 heterocycles. The van der Waals surface area contributed by atoms with Crippen molar-refractivity contribution in [2.24, 2.45) is 0 Å². The highest BCUT2D eigenvalue weighted by atomic mass is 31.2. The maximum atomic E-state index is 12.6. The van der Waals surface area contributed by atoms with Gasteiger partial charge >= 0.3 is 19.8 Å². The fourth-order valence-corrected chi connectivity index (χ4v) is 6.79. The van der Waals surface area contributed by atoms with Gasteiger partial charge in [-0.2, -0.15) is 0 Å². The molecule has 0 aromatic rings. The minimum atomic E-state index is -4.27. The van der Waals surface area contributed by atoms with Crippen molar-refractivity contribution in [2.45, 2.75) is 213 Å². The van der Waals surface area contributed by atoms with Crippen molar-refractivity contribution < 1.29 is 37.6 Å². The van der Waals surface area contributed by atoms with Crippen LogP contribution in [-0.2, 0) is 32.7 Å². The summed E-state index contributed by atoms with van der Waals surface area (Å²) in [6.45, 7) is 3.75. The maximum absolute atomic E-state index is 12.6. The smallest absolute Gasteiger partial charge is 0.462 e. The van der Waals surface area contributed by atoms with Crippen molar-refractivity contribution in [1.82, 2.24) is 0 Å². The molecule has 0 radical (unpaired) electrons. The number of hydrogen-bond donors (Lipinski definition) is 1. The van der Waals surface area contributed by atoms with Gasteiger partial charge in [0.1, 0.15) is 6.61 Å². The summed E-state index contributed by atoms with van der Waals surface area (Å²) >= 11 is 0. The lowest BCUT2D eigenvalue weighted by Crippen LogP contribution is -2.29. The van der Waals surface area contributed by atoms with Crippen LogP contribution >= 0.6 is 7.82 Å². The van der Waals surface area contributed by atoms with Gasteiger partial charge in [0.05, 0.1) is 6.61 Å². The highest BCUT2D eigenvalue weighted by Gasteiger charge is 2.24. The molecule has 0 spiro atoms. The minimum absolute atomic E-state index is 0.234. The molecule has 0 rings (SSSR count). The van der Waals surface area contributed by atoms with Crippen LogP contribution in [-0.4, -0.2) is 43.3 Å². The van der Waals surface area contributed by atoms with Crippen LogP contribution in [0, 0.1) is 0 Å². The van der Waals surface area contributed by atoms with Crippen molar-refractivity contribution in [3.05, 3.63) is 72.9 Å². The second-order valence-corrected chi connectivity index (χ2v) is 17.1. The molecule has 340 valence electrons. The van der Waals surface area contributed by atoms with Crippen molar-refractivity contribution in [2.75, 3.05) is 20.3 Å². The lowest BCUT2D eigenvalue weighted by molar-refractivity contribution is -0.161. The van der Waals surface area contributed by atoms with Crippen molar-refractivity contribution in [1.29, 1.82) is 0 Å². The number of carbonyl (C=O) groups excluding carboxylic acids is 2. The van der Waals surface area contributed by atoms with Gasteiger partial charge in [0, 0.05) is 20.0 Å². The Hall–Kier alpha value is -2.51. The van der Waals surface area contributed by atoms with Crippen molar-refractivity contribution in [3.63, 3.8) is 0 Å². The molecule has 0 saturated heterocycles. The predicted molar refractivity (Wildman–Crippen MR) is 248 cm³/mol. The highest BCUT2D eigenvalue weighted by molar-refractivity contribution is 7.47. The molecule has 9 heteroatoms. The molecule has 1 N–H and O–H groups in total. The molecule has 0 aliphatic carbocycles. The number of hydrogen-bond acceptors (Lipinski definition) is 7. The molecular formula is C50H87O8P. The van der Waals surface area contributed by atoms with Gasteiger partial charge in [0.15, 0.2) is 6.10 Å². The van der Waals surface area contributed by atoms with E-state index in [0.29, 0.717) is 6.42 Å². The molecular weight excluding hydrogens is 760 g/mol. The SMILES string of the molecule is CC/C=C\C/C=C\C/C=C\C/C=C\CCCCCCCCCCCCC(=O)OC(COC(=O)CCCCCCCCC/C=C\C/C=C\CCCCC)COP(=O)(O)OC. The topological polar surface area (TPSA) is 108 Å². The number of unbranched alkanes of at least 4 members (excludes halogenated alkanes) is 20. The van der Waals surface area contributed by atoms with Gasteiger partial charge in [-0.05, 0) is 83.5 Å². The Kier molecular flexibility index (Phi) is 43.1. The fourth-order valence-electron chi connectivity index (χ4n) is 6.33. The highest BCUT2D eigenvalue weighted by Crippen LogP contribution is 2.42. The Balaban J connectivity index is 3.96. The number of allylic oxidation sites excluding steroid dienone is 12. The number of phosphoric ester groups is 1. The van der Waals surface area contributed by atoms with Crippen LogP contribution in [0.4, 0.5) is 0 Å². The summed E-state index contributed by atoms with van der Waals surface area (Å²) in [6, 6.07) is 0. The molecule has 2 unspecified atom stereocenters. The van der Waals surface area contributed by atoms with Gasteiger partial charge < -0.3 is 14.4 Å². The first-order chi connectivity index (χ1) is 28.8. The van der Waals surface area contributed by atoms with Gasteiger partial charge in [0.25, 0.3) is 0 Å². The molecule has 0 fully saturated rings. The summed E-state index contributed by atoms with van der Waals surface area (Å²) in [4.78, 5) is 34.6. The molecule has 0 aliphatic heterocycles. The summed E-state index contributed by atoms with van der Waals surface area (Å²) in [5.74, 6) is -0.819. The maximum Gasteiger partial charge on any atom is 0.472 e. The number of rotatable bonds is 43. The van der Waals surface area contributed by atoms with Crippen LogP contribution in [0.5, 0.6) is 0 Å². The first kappa shape index (κ1) is 56.5. The first-order valence-corrected chi connectivity index (χ1v) is 25.1. The Labute approximate surface area is 362 Å². The molecule has 59 heavy (non-hydrogen) atoms. The standard InChI is InChI=1S/C50H87O8P/c1-4-6-8-10-12-14-16-18-20-22-23-24-25-26-27-29-31-33-35-37-39-41-43-45-50(52)58-48(47-57-59(53,54)55-3)46-56-49(51)44-42-40-38-36-34-32-30-28-21-19-17-15-13-11-9-7-5-2/h6,8,12-15,18-21,23-24,48H,4-5,7,9-11,16-17,22,25-47H2,1-3H3,(H,53,54)/b8-6-,14-12-,15-13-,20-18-,21-19-,24-23-. The summed E-state index contributed by atoms with van der Waals surface area (Å²) in [7, 11) is -3.21.